The molecule has 0 aliphatic heterocycles. The Labute approximate surface area is 152 Å². The quantitative estimate of drug-likeness (QED) is 0.326. The van der Waals surface area contributed by atoms with Gasteiger partial charge >= 0.3 is 5.97 Å². The Morgan fingerprint density at radius 3 is 2.88 bits per heavy atom. The molecule has 3 unspecified atom stereocenters. The van der Waals surface area contributed by atoms with Crippen molar-refractivity contribution in [3.05, 3.63) is 45.5 Å². The summed E-state index contributed by atoms with van der Waals surface area (Å²) >= 11 is 0. The Kier molecular flexibility index (Phi) is 4.37. The molecule has 6 nitrogen and oxygen atoms in total. The summed E-state index contributed by atoms with van der Waals surface area (Å²) < 4.78 is 7.23. The molecule has 0 amide bonds. The first-order valence-corrected chi connectivity index (χ1v) is 9.43. The average molecular weight is 352 g/mol. The highest BCUT2D eigenvalue weighted by molar-refractivity contribution is 6.06. The highest BCUT2D eigenvalue weighted by atomic mass is 16.5. The van der Waals surface area contributed by atoms with Crippen molar-refractivity contribution >= 4 is 16.9 Å². The van der Waals surface area contributed by atoms with Crippen LogP contribution >= 0.6 is 0 Å². The minimum absolute atomic E-state index is 0.138. The maximum Gasteiger partial charge on any atom is 0.340 e. The molecule has 2 saturated carbocycles. The number of aromatic nitrogens is 1. The van der Waals surface area contributed by atoms with E-state index < -0.39 is 0 Å². The van der Waals surface area contributed by atoms with Gasteiger partial charge in [0, 0.05) is 28.6 Å². The molecule has 0 saturated heterocycles. The zero-order valence-electron chi connectivity index (χ0n) is 15.3. The summed E-state index contributed by atoms with van der Waals surface area (Å²) in [5.41, 5.74) is 12.3. The minimum Gasteiger partial charge on any atom is -0.462 e. The summed E-state index contributed by atoms with van der Waals surface area (Å²) in [6, 6.07) is 6.44. The first-order chi connectivity index (χ1) is 12.6. The Morgan fingerprint density at radius 1 is 1.38 bits per heavy atom. The molecule has 1 aromatic heterocycles. The van der Waals surface area contributed by atoms with Crippen LogP contribution in [0.3, 0.4) is 0 Å². The van der Waals surface area contributed by atoms with Crippen molar-refractivity contribution in [3.8, 4) is 0 Å². The van der Waals surface area contributed by atoms with Gasteiger partial charge in [0.2, 0.25) is 0 Å². The van der Waals surface area contributed by atoms with Crippen molar-refractivity contribution in [1.82, 2.24) is 4.57 Å². The normalized spacial score (nSPS) is 24.0. The van der Waals surface area contributed by atoms with Crippen molar-refractivity contribution in [2.75, 3.05) is 6.61 Å². The summed E-state index contributed by atoms with van der Waals surface area (Å²) in [6.07, 6.45) is 5.39. The highest BCUT2D eigenvalue weighted by Crippen LogP contribution is 2.53. The summed E-state index contributed by atoms with van der Waals surface area (Å²) in [5.74, 6) is 1.99. The van der Waals surface area contributed by atoms with Gasteiger partial charge < -0.3 is 9.30 Å². The molecular weight excluding hydrogens is 328 g/mol. The van der Waals surface area contributed by atoms with Gasteiger partial charge in [0.25, 0.3) is 0 Å². The monoisotopic (exact) mass is 352 g/mol. The summed E-state index contributed by atoms with van der Waals surface area (Å²) in [5, 5.41) is 4.56. The molecule has 2 bridgehead atoms. The van der Waals surface area contributed by atoms with Crippen molar-refractivity contribution < 1.29 is 9.53 Å². The molecule has 0 radical (unpaired) electrons. The van der Waals surface area contributed by atoms with Crippen LogP contribution in [0, 0.1) is 11.8 Å². The Balaban J connectivity index is 1.81. The highest BCUT2D eigenvalue weighted by Gasteiger charge is 2.40. The van der Waals surface area contributed by atoms with Crippen LogP contribution in [0.2, 0.25) is 0 Å². The van der Waals surface area contributed by atoms with Gasteiger partial charge in [-0.25, -0.2) is 4.79 Å². The second-order valence-electron chi connectivity index (χ2n) is 7.55. The molecule has 2 aliphatic rings. The molecule has 0 spiro atoms. The number of azide groups is 1. The maximum absolute atomic E-state index is 12.5. The van der Waals surface area contributed by atoms with Gasteiger partial charge in [-0.2, -0.15) is 0 Å². The molecule has 26 heavy (non-hydrogen) atoms. The van der Waals surface area contributed by atoms with Gasteiger partial charge in [0.1, 0.15) is 0 Å². The van der Waals surface area contributed by atoms with Gasteiger partial charge in [-0.05, 0) is 61.1 Å². The Hall–Kier alpha value is -2.46. The lowest BCUT2D eigenvalue weighted by Crippen LogP contribution is -2.08. The third-order valence-corrected chi connectivity index (χ3v) is 6.28. The molecule has 136 valence electrons. The molecule has 4 rings (SSSR count). The molecule has 0 N–H and O–H groups in total. The first-order valence-electron chi connectivity index (χ1n) is 9.43. The van der Waals surface area contributed by atoms with Gasteiger partial charge in [0.15, 0.2) is 0 Å². The van der Waals surface area contributed by atoms with E-state index in [9.17, 15) is 4.79 Å². The van der Waals surface area contributed by atoms with Crippen LogP contribution in [0.1, 0.15) is 60.1 Å². The Morgan fingerprint density at radius 2 is 2.23 bits per heavy atom. The van der Waals surface area contributed by atoms with Gasteiger partial charge in [-0.1, -0.05) is 23.7 Å². The van der Waals surface area contributed by atoms with Crippen molar-refractivity contribution in [2.45, 2.75) is 45.1 Å². The zero-order chi connectivity index (χ0) is 18.3. The van der Waals surface area contributed by atoms with Gasteiger partial charge in [-0.3, -0.25) is 0 Å². The van der Waals surface area contributed by atoms with Crippen LogP contribution in [0.4, 0.5) is 0 Å². The van der Waals surface area contributed by atoms with E-state index >= 15 is 0 Å². The number of nitrogens with zero attached hydrogens (tertiary/aromatic N) is 4. The van der Waals surface area contributed by atoms with Crippen LogP contribution in [0.15, 0.2) is 23.3 Å². The molecular formula is C20H24N4O2. The van der Waals surface area contributed by atoms with E-state index in [0.717, 1.165) is 22.7 Å². The number of hydrogen-bond acceptors (Lipinski definition) is 3. The standard InChI is InChI=1S/C20H24N4O2/c1-3-26-20(25)19-15-7-6-14(16-9-12-4-5-13(16)8-12)10-17(15)24(2)18(19)11-22-23-21/h6-7,10,12-13,16H,3-5,8-9,11H2,1-2H3. The van der Waals surface area contributed by atoms with Crippen LogP contribution in [-0.2, 0) is 18.3 Å². The Bertz CT molecular complexity index is 910. The number of carbonyl (C=O) groups excluding carboxylic acids is 1. The number of carbonyl (C=O) groups is 1. The number of hydrogen-bond donors (Lipinski definition) is 0. The second kappa shape index (κ2) is 6.69. The fourth-order valence-corrected chi connectivity index (χ4v) is 5.10. The number of esters is 1. The predicted octanol–water partition coefficient (Wildman–Crippen LogP) is 5.07. The fourth-order valence-electron chi connectivity index (χ4n) is 5.10. The summed E-state index contributed by atoms with van der Waals surface area (Å²) in [7, 11) is 1.93. The van der Waals surface area contributed by atoms with Crippen LogP contribution in [0.25, 0.3) is 21.3 Å². The summed E-state index contributed by atoms with van der Waals surface area (Å²) in [6.45, 7) is 2.25. The molecule has 3 atom stereocenters. The van der Waals surface area contributed by atoms with E-state index in [1.165, 1.54) is 31.2 Å². The van der Waals surface area contributed by atoms with Gasteiger partial charge in [-0.15, -0.1) is 0 Å². The third kappa shape index (κ3) is 2.65. The molecule has 6 heteroatoms. The predicted molar refractivity (Wildman–Crippen MR) is 99.9 cm³/mol. The SMILES string of the molecule is CCOC(=O)c1c(CN=[N+]=[N-])n(C)c2cc(C3CC4CCC3C4)ccc12. The van der Waals surface area contributed by atoms with E-state index in [2.05, 4.69) is 22.2 Å². The van der Waals surface area contributed by atoms with E-state index in [1.807, 2.05) is 17.7 Å². The van der Waals surface area contributed by atoms with Crippen LogP contribution in [-0.4, -0.2) is 17.1 Å². The first kappa shape index (κ1) is 17.0. The molecule has 1 heterocycles. The lowest BCUT2D eigenvalue weighted by Gasteiger charge is -2.22. The zero-order valence-corrected chi connectivity index (χ0v) is 15.3. The smallest absolute Gasteiger partial charge is 0.340 e. The fraction of sp³-hybridized carbons (Fsp3) is 0.550. The van der Waals surface area contributed by atoms with Crippen molar-refractivity contribution in [3.63, 3.8) is 0 Å². The number of ether oxygens (including phenoxy) is 1. The lowest BCUT2D eigenvalue weighted by atomic mass is 9.83. The third-order valence-electron chi connectivity index (χ3n) is 6.28. The molecule has 2 fully saturated rings. The van der Waals surface area contributed by atoms with E-state index in [0.29, 0.717) is 23.8 Å². The molecule has 1 aromatic carbocycles. The number of rotatable bonds is 5. The van der Waals surface area contributed by atoms with Crippen LogP contribution < -0.4 is 0 Å². The number of benzene rings is 1. The molecule has 2 aromatic rings. The van der Waals surface area contributed by atoms with E-state index in [-0.39, 0.29) is 12.5 Å². The van der Waals surface area contributed by atoms with Crippen LogP contribution in [0.5, 0.6) is 0 Å². The minimum atomic E-state index is -0.353. The topological polar surface area (TPSA) is 80.0 Å². The summed E-state index contributed by atoms with van der Waals surface area (Å²) in [4.78, 5) is 15.4. The van der Waals surface area contributed by atoms with Crippen molar-refractivity contribution in [2.24, 2.45) is 24.0 Å². The van der Waals surface area contributed by atoms with E-state index in [4.69, 9.17) is 10.3 Å². The average Bonchev–Trinajstić information content (AvgIpc) is 3.34. The largest absolute Gasteiger partial charge is 0.462 e. The number of aryl methyl sites for hydroxylation is 1. The van der Waals surface area contributed by atoms with E-state index in [1.54, 1.807) is 6.92 Å². The van der Waals surface area contributed by atoms with Gasteiger partial charge in [0.05, 0.1) is 18.7 Å². The number of fused-ring (bicyclic) bond motifs is 3. The maximum atomic E-state index is 12.5. The molecule has 2 aliphatic carbocycles. The lowest BCUT2D eigenvalue weighted by molar-refractivity contribution is 0.0527. The van der Waals surface area contributed by atoms with Crippen molar-refractivity contribution in [1.29, 1.82) is 0 Å². The second-order valence-corrected chi connectivity index (χ2v) is 7.55.